The van der Waals surface area contributed by atoms with Gasteiger partial charge in [-0.2, -0.15) is 18.9 Å². The predicted octanol–water partition coefficient (Wildman–Crippen LogP) is 4.25. The van der Waals surface area contributed by atoms with Crippen LogP contribution in [0.1, 0.15) is 22.7 Å². The van der Waals surface area contributed by atoms with Crippen molar-refractivity contribution in [3.05, 3.63) is 71.6 Å². The number of nitrogens with zero attached hydrogens (tertiary/aromatic N) is 3. The summed E-state index contributed by atoms with van der Waals surface area (Å²) in [6.45, 7) is -0.969. The molecule has 1 atom stereocenters. The number of fused-ring (bicyclic) bond motifs is 1. The van der Waals surface area contributed by atoms with E-state index in [1.165, 1.54) is 13.4 Å². The van der Waals surface area contributed by atoms with Crippen molar-refractivity contribution in [3.8, 4) is 11.5 Å². The van der Waals surface area contributed by atoms with E-state index in [1.807, 2.05) is 37.3 Å². The van der Waals surface area contributed by atoms with Gasteiger partial charge in [0, 0.05) is 11.3 Å². The molecule has 8 heteroatoms. The van der Waals surface area contributed by atoms with E-state index in [2.05, 4.69) is 15.4 Å². The number of ether oxygens (including phenoxy) is 2. The van der Waals surface area contributed by atoms with Crippen LogP contribution in [-0.4, -0.2) is 28.5 Å². The first kappa shape index (κ1) is 18.0. The molecule has 4 rings (SSSR count). The molecule has 144 valence electrons. The summed E-state index contributed by atoms with van der Waals surface area (Å²) >= 11 is 0. The lowest BCUT2D eigenvalue weighted by atomic mass is 10.00. The molecule has 0 spiro atoms. The van der Waals surface area contributed by atoms with E-state index in [9.17, 15) is 8.78 Å². The fraction of sp³-hybridized carbons (Fsp3) is 0.200. The van der Waals surface area contributed by atoms with Crippen molar-refractivity contribution in [2.45, 2.75) is 19.6 Å². The molecule has 0 radical (unpaired) electrons. The lowest BCUT2D eigenvalue weighted by molar-refractivity contribution is -0.0520. The number of halogens is 2. The Bertz CT molecular complexity index is 1020. The van der Waals surface area contributed by atoms with Crippen molar-refractivity contribution in [2.24, 2.45) is 0 Å². The van der Waals surface area contributed by atoms with E-state index < -0.39 is 12.7 Å². The molecular weight excluding hydrogens is 366 g/mol. The Labute approximate surface area is 160 Å². The molecule has 0 aliphatic carbocycles. The number of methoxy groups -OCH3 is 1. The van der Waals surface area contributed by atoms with E-state index in [-0.39, 0.29) is 11.5 Å². The number of hydrogen-bond acceptors (Lipinski definition) is 5. The van der Waals surface area contributed by atoms with Gasteiger partial charge < -0.3 is 14.8 Å². The van der Waals surface area contributed by atoms with Gasteiger partial charge in [0.2, 0.25) is 5.95 Å². The van der Waals surface area contributed by atoms with Crippen LogP contribution in [0.25, 0.3) is 5.70 Å². The number of nitrogens with one attached hydrogen (secondary N) is 1. The van der Waals surface area contributed by atoms with Gasteiger partial charge in [-0.3, -0.25) is 0 Å². The number of aryl methyl sites for hydroxylation is 1. The summed E-state index contributed by atoms with van der Waals surface area (Å²) < 4.78 is 37.8. The molecule has 2 aromatic carbocycles. The molecular formula is C20H18F2N4O2. The number of alkyl halides is 2. The van der Waals surface area contributed by atoms with Gasteiger partial charge in [-0.05, 0) is 24.6 Å². The van der Waals surface area contributed by atoms with Crippen LogP contribution in [0.5, 0.6) is 11.5 Å². The Balaban J connectivity index is 1.85. The number of anilines is 1. The molecule has 0 amide bonds. The lowest BCUT2D eigenvalue weighted by Gasteiger charge is -2.26. The Hall–Kier alpha value is -3.42. The van der Waals surface area contributed by atoms with Crippen LogP contribution < -0.4 is 14.8 Å². The highest BCUT2D eigenvalue weighted by molar-refractivity contribution is 5.77. The lowest BCUT2D eigenvalue weighted by Crippen LogP contribution is -2.21. The number of para-hydroxylation sites is 1. The maximum absolute atomic E-state index is 13.1. The minimum absolute atomic E-state index is 0.0205. The second-order valence-electron chi connectivity index (χ2n) is 6.30. The highest BCUT2D eigenvalue weighted by atomic mass is 19.3. The van der Waals surface area contributed by atoms with Crippen LogP contribution in [0.2, 0.25) is 0 Å². The van der Waals surface area contributed by atoms with Gasteiger partial charge in [-0.1, -0.05) is 42.0 Å². The highest BCUT2D eigenvalue weighted by Crippen LogP contribution is 2.41. The van der Waals surface area contributed by atoms with Gasteiger partial charge in [-0.25, -0.2) is 4.68 Å². The zero-order valence-corrected chi connectivity index (χ0v) is 15.3. The van der Waals surface area contributed by atoms with Crippen LogP contribution in [0.3, 0.4) is 0 Å². The average Bonchev–Trinajstić information content (AvgIpc) is 3.16. The maximum atomic E-state index is 13.1. The zero-order chi connectivity index (χ0) is 19.7. The second-order valence-corrected chi connectivity index (χ2v) is 6.30. The zero-order valence-electron chi connectivity index (χ0n) is 15.3. The standard InChI is InChI=1S/C20H18F2N4O2/c1-12-6-8-13(9-7-12)15-10-16(26-20(25-15)23-11-24-26)14-4-3-5-17(27-2)18(14)28-19(21)22/h3-11,16,19H,1-2H3,(H,23,24,25)/t16-/m0/s1. The molecule has 1 N–H and O–H groups in total. The minimum atomic E-state index is -2.98. The van der Waals surface area contributed by atoms with Gasteiger partial charge in [0.15, 0.2) is 11.5 Å². The monoisotopic (exact) mass is 384 g/mol. The molecule has 0 bridgehead atoms. The van der Waals surface area contributed by atoms with E-state index in [1.54, 1.807) is 22.9 Å². The predicted molar refractivity (Wildman–Crippen MR) is 101 cm³/mol. The first-order valence-corrected chi connectivity index (χ1v) is 8.64. The summed E-state index contributed by atoms with van der Waals surface area (Å²) in [6.07, 6.45) is 3.31. The number of aromatic nitrogens is 3. The Morgan fingerprint density at radius 1 is 1.14 bits per heavy atom. The van der Waals surface area contributed by atoms with Crippen LogP contribution in [-0.2, 0) is 0 Å². The molecule has 1 aliphatic heterocycles. The van der Waals surface area contributed by atoms with Crippen molar-refractivity contribution in [3.63, 3.8) is 0 Å². The number of benzene rings is 2. The van der Waals surface area contributed by atoms with Crippen LogP contribution in [0.4, 0.5) is 14.7 Å². The summed E-state index contributed by atoms with van der Waals surface area (Å²) in [4.78, 5) is 4.24. The van der Waals surface area contributed by atoms with Crippen molar-refractivity contribution in [1.29, 1.82) is 0 Å². The number of hydrogen-bond donors (Lipinski definition) is 1. The molecule has 2 heterocycles. The molecule has 0 unspecified atom stereocenters. The Morgan fingerprint density at radius 2 is 1.93 bits per heavy atom. The van der Waals surface area contributed by atoms with Gasteiger partial charge in [0.05, 0.1) is 7.11 Å². The molecule has 6 nitrogen and oxygen atoms in total. The van der Waals surface area contributed by atoms with Crippen molar-refractivity contribution < 1.29 is 18.3 Å². The topological polar surface area (TPSA) is 61.2 Å². The van der Waals surface area contributed by atoms with Gasteiger partial charge in [-0.15, -0.1) is 0 Å². The summed E-state index contributed by atoms with van der Waals surface area (Å²) in [5, 5.41) is 7.48. The summed E-state index contributed by atoms with van der Waals surface area (Å²) in [6, 6.07) is 12.5. The first-order chi connectivity index (χ1) is 13.6. The quantitative estimate of drug-likeness (QED) is 0.713. The number of allylic oxidation sites excluding steroid dienone is 1. The Kier molecular flexibility index (Phi) is 4.68. The third-order valence-electron chi connectivity index (χ3n) is 4.52. The SMILES string of the molecule is COc1cccc([C@@H]2C=C(c3ccc(C)cc3)Nc3ncnn32)c1OC(F)F. The first-order valence-electron chi connectivity index (χ1n) is 8.64. The smallest absolute Gasteiger partial charge is 0.387 e. The molecule has 3 aromatic rings. The second kappa shape index (κ2) is 7.30. The summed E-state index contributed by atoms with van der Waals surface area (Å²) in [7, 11) is 1.41. The van der Waals surface area contributed by atoms with E-state index >= 15 is 0 Å². The minimum Gasteiger partial charge on any atom is -0.493 e. The van der Waals surface area contributed by atoms with Crippen molar-refractivity contribution in [2.75, 3.05) is 12.4 Å². The molecule has 1 aromatic heterocycles. The third kappa shape index (κ3) is 3.28. The van der Waals surface area contributed by atoms with Gasteiger partial charge in [0.1, 0.15) is 12.4 Å². The van der Waals surface area contributed by atoms with E-state index in [0.29, 0.717) is 11.5 Å². The average molecular weight is 384 g/mol. The Morgan fingerprint density at radius 3 is 2.64 bits per heavy atom. The van der Waals surface area contributed by atoms with Gasteiger partial charge in [0.25, 0.3) is 0 Å². The largest absolute Gasteiger partial charge is 0.493 e. The fourth-order valence-corrected chi connectivity index (χ4v) is 3.20. The number of rotatable bonds is 5. The summed E-state index contributed by atoms with van der Waals surface area (Å²) in [5.74, 6) is 0.713. The maximum Gasteiger partial charge on any atom is 0.387 e. The normalized spacial score (nSPS) is 15.6. The van der Waals surface area contributed by atoms with Crippen molar-refractivity contribution >= 4 is 11.6 Å². The molecule has 1 aliphatic rings. The van der Waals surface area contributed by atoms with Gasteiger partial charge >= 0.3 is 6.61 Å². The molecule has 0 fully saturated rings. The van der Waals surface area contributed by atoms with Crippen LogP contribution >= 0.6 is 0 Å². The van der Waals surface area contributed by atoms with Crippen molar-refractivity contribution in [1.82, 2.24) is 14.8 Å². The van der Waals surface area contributed by atoms with Crippen LogP contribution in [0.15, 0.2) is 54.9 Å². The third-order valence-corrected chi connectivity index (χ3v) is 4.52. The van der Waals surface area contributed by atoms with E-state index in [4.69, 9.17) is 9.47 Å². The molecule has 0 saturated heterocycles. The highest BCUT2D eigenvalue weighted by Gasteiger charge is 2.28. The molecule has 0 saturated carbocycles. The molecule has 28 heavy (non-hydrogen) atoms. The fourth-order valence-electron chi connectivity index (χ4n) is 3.20. The van der Waals surface area contributed by atoms with E-state index in [0.717, 1.165) is 16.8 Å². The van der Waals surface area contributed by atoms with Crippen LogP contribution in [0, 0.1) is 6.92 Å². The summed E-state index contributed by atoms with van der Waals surface area (Å²) in [5.41, 5.74) is 3.39.